The average Bonchev–Trinajstić information content (AvgIpc) is 3.20. The highest BCUT2D eigenvalue weighted by molar-refractivity contribution is 9.10. The fourth-order valence-electron chi connectivity index (χ4n) is 3.22. The van der Waals surface area contributed by atoms with Crippen LogP contribution in [0.15, 0.2) is 44.7 Å². The predicted octanol–water partition coefficient (Wildman–Crippen LogP) is 4.68. The third-order valence-corrected chi connectivity index (χ3v) is 5.50. The van der Waals surface area contributed by atoms with E-state index in [0.717, 1.165) is 10.9 Å². The SMILES string of the molecule is CCOc1cc2c(cc1C=Nn1c([C@@H](C)CC)nc3ccc(Br)cc3c1=O)OCO2. The number of halogens is 1. The standard InChI is InChI=1S/C22H22BrN3O4/c1-4-13(3)21-25-17-7-6-15(23)9-16(17)22(27)26(21)24-11-14-8-19-20(30-12-29-19)10-18(14)28-5-2/h6-11,13H,4-5,12H2,1-3H3/t13-/m0/s1. The lowest BCUT2D eigenvalue weighted by Crippen LogP contribution is -2.23. The summed E-state index contributed by atoms with van der Waals surface area (Å²) in [6.45, 7) is 6.65. The third-order valence-electron chi connectivity index (χ3n) is 5.00. The molecule has 0 unspecified atom stereocenters. The summed E-state index contributed by atoms with van der Waals surface area (Å²) >= 11 is 3.43. The molecule has 156 valence electrons. The Kier molecular flexibility index (Phi) is 5.76. The van der Waals surface area contributed by atoms with E-state index in [1.165, 1.54) is 4.68 Å². The third kappa shape index (κ3) is 3.79. The maximum Gasteiger partial charge on any atom is 0.282 e. The summed E-state index contributed by atoms with van der Waals surface area (Å²) in [6.07, 6.45) is 2.43. The maximum atomic E-state index is 13.3. The lowest BCUT2D eigenvalue weighted by Gasteiger charge is -2.14. The number of nitrogens with zero attached hydrogens (tertiary/aromatic N) is 3. The predicted molar refractivity (Wildman–Crippen MR) is 119 cm³/mol. The molecule has 0 fully saturated rings. The summed E-state index contributed by atoms with van der Waals surface area (Å²) in [6, 6.07) is 9.07. The van der Waals surface area contributed by atoms with E-state index in [-0.39, 0.29) is 18.3 Å². The molecule has 0 bridgehead atoms. The highest BCUT2D eigenvalue weighted by atomic mass is 79.9. The van der Waals surface area contributed by atoms with E-state index in [1.54, 1.807) is 24.4 Å². The van der Waals surface area contributed by atoms with Crippen molar-refractivity contribution >= 4 is 33.0 Å². The summed E-state index contributed by atoms with van der Waals surface area (Å²) in [5.74, 6) is 2.54. The second kappa shape index (κ2) is 8.47. The van der Waals surface area contributed by atoms with Gasteiger partial charge in [-0.15, -0.1) is 0 Å². The molecule has 2 heterocycles. The van der Waals surface area contributed by atoms with E-state index in [2.05, 4.69) is 28.0 Å². The van der Waals surface area contributed by atoms with E-state index in [9.17, 15) is 4.79 Å². The number of benzene rings is 2. The Morgan fingerprint density at radius 3 is 2.77 bits per heavy atom. The van der Waals surface area contributed by atoms with Gasteiger partial charge in [-0.3, -0.25) is 4.79 Å². The molecule has 0 aliphatic carbocycles. The molecule has 0 spiro atoms. The van der Waals surface area contributed by atoms with Crippen LogP contribution in [0.1, 0.15) is 44.5 Å². The molecular weight excluding hydrogens is 450 g/mol. The van der Waals surface area contributed by atoms with E-state index < -0.39 is 0 Å². The van der Waals surface area contributed by atoms with Crippen molar-refractivity contribution in [3.63, 3.8) is 0 Å². The molecule has 1 aromatic heterocycles. The quantitative estimate of drug-likeness (QED) is 0.487. The van der Waals surface area contributed by atoms with Crippen molar-refractivity contribution in [3.05, 3.63) is 56.5 Å². The van der Waals surface area contributed by atoms with E-state index >= 15 is 0 Å². The number of hydrogen-bond donors (Lipinski definition) is 0. The molecule has 1 atom stereocenters. The smallest absolute Gasteiger partial charge is 0.282 e. The molecule has 0 N–H and O–H groups in total. The highest BCUT2D eigenvalue weighted by Gasteiger charge is 2.19. The van der Waals surface area contributed by atoms with Crippen molar-refractivity contribution in [3.8, 4) is 17.2 Å². The van der Waals surface area contributed by atoms with E-state index in [1.807, 2.05) is 26.0 Å². The van der Waals surface area contributed by atoms with Gasteiger partial charge in [0, 0.05) is 22.0 Å². The molecule has 0 saturated carbocycles. The first-order valence-electron chi connectivity index (χ1n) is 9.84. The molecule has 0 amide bonds. The van der Waals surface area contributed by atoms with Crippen molar-refractivity contribution in [1.82, 2.24) is 9.66 Å². The molecule has 7 nitrogen and oxygen atoms in total. The first kappa shape index (κ1) is 20.4. The van der Waals surface area contributed by atoms with Crippen LogP contribution in [0.4, 0.5) is 0 Å². The van der Waals surface area contributed by atoms with E-state index in [0.29, 0.717) is 46.1 Å². The first-order valence-corrected chi connectivity index (χ1v) is 10.6. The molecule has 0 radical (unpaired) electrons. The van der Waals surface area contributed by atoms with Gasteiger partial charge in [-0.25, -0.2) is 4.98 Å². The molecule has 30 heavy (non-hydrogen) atoms. The summed E-state index contributed by atoms with van der Waals surface area (Å²) in [5.41, 5.74) is 1.13. The molecule has 4 rings (SSSR count). The molecule has 8 heteroatoms. The number of fused-ring (bicyclic) bond motifs is 2. The van der Waals surface area contributed by atoms with Gasteiger partial charge in [0.25, 0.3) is 5.56 Å². The minimum Gasteiger partial charge on any atom is -0.493 e. The monoisotopic (exact) mass is 471 g/mol. The number of ether oxygens (including phenoxy) is 3. The fourth-order valence-corrected chi connectivity index (χ4v) is 3.58. The zero-order chi connectivity index (χ0) is 21.3. The number of rotatable bonds is 6. The Morgan fingerprint density at radius 1 is 1.27 bits per heavy atom. The van der Waals surface area contributed by atoms with Gasteiger partial charge in [0.05, 0.1) is 23.7 Å². The zero-order valence-electron chi connectivity index (χ0n) is 17.0. The topological polar surface area (TPSA) is 74.9 Å². The van der Waals surface area contributed by atoms with Crippen LogP contribution in [-0.4, -0.2) is 29.3 Å². The van der Waals surface area contributed by atoms with Crippen LogP contribution in [0, 0.1) is 0 Å². The van der Waals surface area contributed by atoms with Crippen LogP contribution in [0.5, 0.6) is 17.2 Å². The lowest BCUT2D eigenvalue weighted by atomic mass is 10.1. The maximum absolute atomic E-state index is 13.3. The molecule has 0 saturated heterocycles. The lowest BCUT2D eigenvalue weighted by molar-refractivity contribution is 0.174. The Balaban J connectivity index is 1.86. The van der Waals surface area contributed by atoms with Gasteiger partial charge in [-0.2, -0.15) is 9.78 Å². The van der Waals surface area contributed by atoms with E-state index in [4.69, 9.17) is 19.2 Å². The van der Waals surface area contributed by atoms with Crippen LogP contribution >= 0.6 is 15.9 Å². The molecular formula is C22H22BrN3O4. The summed E-state index contributed by atoms with van der Waals surface area (Å²) in [7, 11) is 0. The van der Waals surface area contributed by atoms with Gasteiger partial charge in [0.2, 0.25) is 6.79 Å². The molecule has 1 aliphatic rings. The van der Waals surface area contributed by atoms with Crippen molar-refractivity contribution in [2.45, 2.75) is 33.1 Å². The Labute approximate surface area is 182 Å². The molecule has 3 aromatic rings. The van der Waals surface area contributed by atoms with Crippen molar-refractivity contribution in [1.29, 1.82) is 0 Å². The van der Waals surface area contributed by atoms with Crippen LogP contribution < -0.4 is 19.8 Å². The van der Waals surface area contributed by atoms with Crippen LogP contribution in [0.2, 0.25) is 0 Å². The van der Waals surface area contributed by atoms with Gasteiger partial charge in [0.1, 0.15) is 11.6 Å². The van der Waals surface area contributed by atoms with Crippen LogP contribution in [0.25, 0.3) is 10.9 Å². The summed E-state index contributed by atoms with van der Waals surface area (Å²) < 4.78 is 18.8. The first-order chi connectivity index (χ1) is 14.5. The number of hydrogen-bond acceptors (Lipinski definition) is 6. The number of aromatic nitrogens is 2. The Hall–Kier alpha value is -2.87. The second-order valence-corrected chi connectivity index (χ2v) is 7.89. The van der Waals surface area contributed by atoms with Gasteiger partial charge in [0.15, 0.2) is 11.5 Å². The van der Waals surface area contributed by atoms with Crippen molar-refractivity contribution in [2.75, 3.05) is 13.4 Å². The normalized spacial score (nSPS) is 13.9. The van der Waals surface area contributed by atoms with Gasteiger partial charge in [-0.05, 0) is 37.6 Å². The van der Waals surface area contributed by atoms with Crippen molar-refractivity contribution in [2.24, 2.45) is 5.10 Å². The van der Waals surface area contributed by atoms with Gasteiger partial charge < -0.3 is 14.2 Å². The Morgan fingerprint density at radius 2 is 2.03 bits per heavy atom. The average molecular weight is 472 g/mol. The van der Waals surface area contributed by atoms with Crippen LogP contribution in [0.3, 0.4) is 0 Å². The fraction of sp³-hybridized carbons (Fsp3) is 0.318. The van der Waals surface area contributed by atoms with Crippen molar-refractivity contribution < 1.29 is 14.2 Å². The summed E-state index contributed by atoms with van der Waals surface area (Å²) in [5, 5.41) is 5.02. The second-order valence-electron chi connectivity index (χ2n) is 6.98. The highest BCUT2D eigenvalue weighted by Crippen LogP contribution is 2.37. The molecule has 2 aromatic carbocycles. The van der Waals surface area contributed by atoms with Crippen LogP contribution in [-0.2, 0) is 0 Å². The van der Waals surface area contributed by atoms with Gasteiger partial charge >= 0.3 is 0 Å². The largest absolute Gasteiger partial charge is 0.493 e. The Bertz CT molecular complexity index is 1190. The summed E-state index contributed by atoms with van der Waals surface area (Å²) in [4.78, 5) is 18.0. The minimum atomic E-state index is -0.216. The van der Waals surface area contributed by atoms with Gasteiger partial charge in [-0.1, -0.05) is 29.8 Å². The zero-order valence-corrected chi connectivity index (χ0v) is 18.6. The molecule has 1 aliphatic heterocycles. The minimum absolute atomic E-state index is 0.0611.